The minimum Gasteiger partial charge on any atom is -0.497 e. The fourth-order valence-corrected chi connectivity index (χ4v) is 7.93. The molecular weight excluding hydrogens is 494 g/mol. The second-order valence-corrected chi connectivity index (χ2v) is 10.8. The maximum atomic E-state index is 14.9. The standard InChI is InChI=1S/C31H29N3O5/c1-17-8-6-10-21-26(17)33-29(37)31(21)30(20-9-4-5-11-22(20)32-28(30)36)25(23-12-7-15-34(23)31)27(35)19-16-18(38-2)13-14-24(19)39-3/h4-6,8-11,13-14,16,23,25H,7,12,15H2,1-3H3,(H,32,36)(H,33,37)/t23-,25+,30+,31+/m1/s1. The Balaban J connectivity index is 1.58. The van der Waals surface area contributed by atoms with Gasteiger partial charge in [-0.25, -0.2) is 0 Å². The van der Waals surface area contributed by atoms with Gasteiger partial charge >= 0.3 is 0 Å². The van der Waals surface area contributed by atoms with E-state index in [1.165, 1.54) is 7.11 Å². The summed E-state index contributed by atoms with van der Waals surface area (Å²) in [4.78, 5) is 46.1. The van der Waals surface area contributed by atoms with Crippen molar-refractivity contribution in [3.8, 4) is 11.5 Å². The fraction of sp³-hybridized carbons (Fsp3) is 0.323. The first-order valence-corrected chi connectivity index (χ1v) is 13.3. The topological polar surface area (TPSA) is 97.0 Å². The van der Waals surface area contributed by atoms with Crippen molar-refractivity contribution < 1.29 is 23.9 Å². The third-order valence-electron chi connectivity index (χ3n) is 9.29. The van der Waals surface area contributed by atoms with Crippen molar-refractivity contribution in [1.82, 2.24) is 4.90 Å². The Bertz CT molecular complexity index is 1580. The molecule has 4 heterocycles. The molecule has 198 valence electrons. The van der Waals surface area contributed by atoms with Gasteiger partial charge < -0.3 is 20.1 Å². The first-order chi connectivity index (χ1) is 18.9. The number of carbonyl (C=O) groups is 3. The number of nitrogens with one attached hydrogen (secondary N) is 2. The van der Waals surface area contributed by atoms with Gasteiger partial charge in [-0.15, -0.1) is 0 Å². The van der Waals surface area contributed by atoms with Gasteiger partial charge in [0.1, 0.15) is 22.5 Å². The van der Waals surface area contributed by atoms with Crippen molar-refractivity contribution in [1.29, 1.82) is 0 Å². The molecule has 0 aromatic heterocycles. The highest BCUT2D eigenvalue weighted by molar-refractivity contribution is 6.21. The number of ether oxygens (including phenoxy) is 2. The van der Waals surface area contributed by atoms with Crippen molar-refractivity contribution in [3.05, 3.63) is 82.9 Å². The van der Waals surface area contributed by atoms with E-state index >= 15 is 0 Å². The van der Waals surface area contributed by atoms with Gasteiger partial charge in [-0.05, 0) is 61.7 Å². The van der Waals surface area contributed by atoms with Crippen LogP contribution in [0.2, 0.25) is 0 Å². The number of amides is 2. The highest BCUT2D eigenvalue weighted by Crippen LogP contribution is 2.68. The Hall–Kier alpha value is -4.17. The first kappa shape index (κ1) is 23.9. The number of methoxy groups -OCH3 is 2. The van der Waals surface area contributed by atoms with Crippen LogP contribution in [0, 0.1) is 12.8 Å². The fourth-order valence-electron chi connectivity index (χ4n) is 7.93. The minimum absolute atomic E-state index is 0.236. The number of Topliss-reactive ketones (excluding diaryl/α,β-unsaturated/α-hetero) is 1. The van der Waals surface area contributed by atoms with Crippen LogP contribution in [0.15, 0.2) is 60.7 Å². The second kappa shape index (κ2) is 8.16. The van der Waals surface area contributed by atoms with E-state index in [4.69, 9.17) is 9.47 Å². The normalized spacial score (nSPS) is 28.3. The van der Waals surface area contributed by atoms with Crippen LogP contribution >= 0.6 is 0 Å². The van der Waals surface area contributed by atoms with E-state index in [9.17, 15) is 14.4 Å². The van der Waals surface area contributed by atoms with E-state index in [2.05, 4.69) is 15.5 Å². The van der Waals surface area contributed by atoms with Gasteiger partial charge in [0.15, 0.2) is 5.78 Å². The summed E-state index contributed by atoms with van der Waals surface area (Å²) in [6.45, 7) is 2.55. The average molecular weight is 524 g/mol. The summed E-state index contributed by atoms with van der Waals surface area (Å²) in [5.74, 6) is -0.760. The van der Waals surface area contributed by atoms with Crippen LogP contribution < -0.4 is 20.1 Å². The lowest BCUT2D eigenvalue weighted by Gasteiger charge is -2.43. The molecule has 0 bridgehead atoms. The molecule has 2 amide bonds. The predicted octanol–water partition coefficient (Wildman–Crippen LogP) is 4.03. The first-order valence-electron chi connectivity index (χ1n) is 13.3. The molecule has 2 saturated heterocycles. The number of carbonyl (C=O) groups excluding carboxylic acids is 3. The second-order valence-electron chi connectivity index (χ2n) is 10.8. The van der Waals surface area contributed by atoms with E-state index in [1.54, 1.807) is 25.3 Å². The molecule has 39 heavy (non-hydrogen) atoms. The number of ketones is 1. The van der Waals surface area contributed by atoms with Gasteiger partial charge in [-0.1, -0.05) is 36.4 Å². The largest absolute Gasteiger partial charge is 0.497 e. The average Bonchev–Trinajstić information content (AvgIpc) is 3.67. The zero-order chi connectivity index (χ0) is 27.1. The highest BCUT2D eigenvalue weighted by Gasteiger charge is 2.81. The monoisotopic (exact) mass is 523 g/mol. The van der Waals surface area contributed by atoms with Gasteiger partial charge in [0, 0.05) is 23.0 Å². The molecule has 0 aliphatic carbocycles. The summed E-state index contributed by atoms with van der Waals surface area (Å²) in [6.07, 6.45) is 1.51. The summed E-state index contributed by atoms with van der Waals surface area (Å²) in [5.41, 5.74) is 1.14. The van der Waals surface area contributed by atoms with Gasteiger partial charge in [0.2, 0.25) is 5.91 Å². The molecule has 0 saturated carbocycles. The van der Waals surface area contributed by atoms with Crippen molar-refractivity contribution in [2.75, 3.05) is 31.4 Å². The predicted molar refractivity (Wildman–Crippen MR) is 145 cm³/mol. The number of aryl methyl sites for hydroxylation is 1. The van der Waals surface area contributed by atoms with Gasteiger partial charge in [0.25, 0.3) is 5.91 Å². The van der Waals surface area contributed by atoms with E-state index in [1.807, 2.05) is 49.4 Å². The number of hydrogen-bond donors (Lipinski definition) is 2. The number of benzene rings is 3. The molecule has 7 rings (SSSR count). The summed E-state index contributed by atoms with van der Waals surface area (Å²) < 4.78 is 11.1. The number of hydrogen-bond acceptors (Lipinski definition) is 6. The molecule has 3 aromatic carbocycles. The summed E-state index contributed by atoms with van der Waals surface area (Å²) in [5, 5.41) is 6.21. The molecule has 3 aromatic rings. The molecule has 2 N–H and O–H groups in total. The maximum absolute atomic E-state index is 14.9. The van der Waals surface area contributed by atoms with Crippen LogP contribution in [0.1, 0.15) is 39.9 Å². The third-order valence-corrected chi connectivity index (χ3v) is 9.29. The molecular formula is C31H29N3O5. The number of rotatable bonds is 4. The van der Waals surface area contributed by atoms with Crippen LogP contribution in [-0.4, -0.2) is 49.3 Å². The lowest BCUT2D eigenvalue weighted by Crippen LogP contribution is -2.62. The smallest absolute Gasteiger partial charge is 0.251 e. The summed E-state index contributed by atoms with van der Waals surface area (Å²) in [6, 6.07) is 18.1. The van der Waals surface area contributed by atoms with Crippen LogP contribution in [-0.2, 0) is 20.5 Å². The number of para-hydroxylation sites is 2. The van der Waals surface area contributed by atoms with E-state index in [0.29, 0.717) is 41.3 Å². The minimum atomic E-state index is -1.50. The maximum Gasteiger partial charge on any atom is 0.251 e. The van der Waals surface area contributed by atoms with Crippen LogP contribution in [0.3, 0.4) is 0 Å². The Morgan fingerprint density at radius 2 is 1.74 bits per heavy atom. The number of fused-ring (bicyclic) bond motifs is 7. The Morgan fingerprint density at radius 3 is 2.54 bits per heavy atom. The van der Waals surface area contributed by atoms with Crippen LogP contribution in [0.25, 0.3) is 0 Å². The Labute approximate surface area is 226 Å². The molecule has 8 nitrogen and oxygen atoms in total. The van der Waals surface area contributed by atoms with Crippen LogP contribution in [0.4, 0.5) is 11.4 Å². The van der Waals surface area contributed by atoms with Gasteiger partial charge in [-0.3, -0.25) is 19.3 Å². The van der Waals surface area contributed by atoms with Crippen molar-refractivity contribution >= 4 is 29.0 Å². The molecule has 8 heteroatoms. The van der Waals surface area contributed by atoms with Crippen molar-refractivity contribution in [3.63, 3.8) is 0 Å². The molecule has 0 radical (unpaired) electrons. The van der Waals surface area contributed by atoms with Crippen molar-refractivity contribution in [2.45, 2.75) is 36.8 Å². The lowest BCUT2D eigenvalue weighted by atomic mass is 9.57. The van der Waals surface area contributed by atoms with Gasteiger partial charge in [0.05, 0.1) is 25.7 Å². The summed E-state index contributed by atoms with van der Waals surface area (Å²) >= 11 is 0. The summed E-state index contributed by atoms with van der Waals surface area (Å²) in [7, 11) is 3.07. The molecule has 4 atom stereocenters. The van der Waals surface area contributed by atoms with E-state index in [0.717, 1.165) is 23.2 Å². The highest BCUT2D eigenvalue weighted by atomic mass is 16.5. The van der Waals surface area contributed by atoms with Crippen molar-refractivity contribution in [2.24, 2.45) is 5.92 Å². The van der Waals surface area contributed by atoms with E-state index in [-0.39, 0.29) is 23.6 Å². The number of nitrogens with zero attached hydrogens (tertiary/aromatic N) is 1. The molecule has 4 aliphatic heterocycles. The molecule has 2 spiro atoms. The molecule has 4 aliphatic rings. The van der Waals surface area contributed by atoms with Crippen LogP contribution in [0.5, 0.6) is 11.5 Å². The zero-order valence-corrected chi connectivity index (χ0v) is 22.0. The zero-order valence-electron chi connectivity index (χ0n) is 22.0. The molecule has 2 fully saturated rings. The quantitative estimate of drug-likeness (QED) is 0.502. The van der Waals surface area contributed by atoms with Gasteiger partial charge in [-0.2, -0.15) is 0 Å². The lowest BCUT2D eigenvalue weighted by molar-refractivity contribution is -0.137. The third kappa shape index (κ3) is 2.69. The Morgan fingerprint density at radius 1 is 0.949 bits per heavy atom. The van der Waals surface area contributed by atoms with E-state index < -0.39 is 16.9 Å². The molecule has 0 unspecified atom stereocenters. The Kier molecular flexibility index (Phi) is 5.01. The SMILES string of the molecule is COc1ccc(OC)c(C(=O)[C@@H]2[C@H]3CCCN3[C@@]3(C(=O)Nc4c(C)cccc43)[C@]23C(=O)Nc2ccccc23)c1. The number of anilines is 2.